The lowest BCUT2D eigenvalue weighted by Crippen LogP contribution is -2.17. The molecule has 0 radical (unpaired) electrons. The minimum atomic E-state index is -0.294. The first-order valence-corrected chi connectivity index (χ1v) is 7.49. The van der Waals surface area contributed by atoms with E-state index in [1.165, 1.54) is 5.56 Å². The summed E-state index contributed by atoms with van der Waals surface area (Å²) in [5.74, 6) is 0. The van der Waals surface area contributed by atoms with E-state index in [2.05, 4.69) is 30.0 Å². The molecule has 0 aliphatic heterocycles. The van der Waals surface area contributed by atoms with Gasteiger partial charge in [-0.15, -0.1) is 0 Å². The van der Waals surface area contributed by atoms with Crippen molar-refractivity contribution in [3.8, 4) is 0 Å². The summed E-state index contributed by atoms with van der Waals surface area (Å²) in [6.45, 7) is 2.75. The summed E-state index contributed by atoms with van der Waals surface area (Å²) < 4.78 is 5.36. The van der Waals surface area contributed by atoms with Gasteiger partial charge in [-0.05, 0) is 35.7 Å². The molecule has 22 heavy (non-hydrogen) atoms. The first-order chi connectivity index (χ1) is 10.7. The van der Waals surface area contributed by atoms with E-state index in [0.29, 0.717) is 12.1 Å². The van der Waals surface area contributed by atoms with Gasteiger partial charge in [-0.3, -0.25) is 0 Å². The SMILES string of the molecule is CCc1ccc2c(CN(C)c3ccccc3)cc(=O)oc2c1. The summed E-state index contributed by atoms with van der Waals surface area (Å²) in [7, 11) is 2.02. The summed E-state index contributed by atoms with van der Waals surface area (Å²) in [5, 5.41) is 1.000. The average Bonchev–Trinajstić information content (AvgIpc) is 2.54. The van der Waals surface area contributed by atoms with E-state index in [1.807, 2.05) is 37.4 Å². The van der Waals surface area contributed by atoms with Gasteiger partial charge in [0.05, 0.1) is 0 Å². The molecule has 1 aromatic heterocycles. The molecular formula is C19H19NO2. The molecule has 112 valence electrons. The molecule has 0 unspecified atom stereocenters. The molecule has 0 saturated heterocycles. The molecule has 3 nitrogen and oxygen atoms in total. The molecule has 0 aliphatic carbocycles. The molecule has 0 fully saturated rings. The predicted octanol–water partition coefficient (Wildman–Crippen LogP) is 3.99. The molecule has 0 atom stereocenters. The Labute approximate surface area is 129 Å². The molecule has 3 aromatic rings. The number of para-hydroxylation sites is 1. The summed E-state index contributed by atoms with van der Waals surface area (Å²) in [4.78, 5) is 14.0. The van der Waals surface area contributed by atoms with Crippen molar-refractivity contribution in [2.75, 3.05) is 11.9 Å². The molecule has 3 heteroatoms. The van der Waals surface area contributed by atoms with Crippen LogP contribution in [-0.4, -0.2) is 7.05 Å². The molecule has 1 heterocycles. The largest absolute Gasteiger partial charge is 0.423 e. The molecule has 0 N–H and O–H groups in total. The number of hydrogen-bond acceptors (Lipinski definition) is 3. The molecular weight excluding hydrogens is 274 g/mol. The first kappa shape index (κ1) is 14.4. The summed E-state index contributed by atoms with van der Waals surface area (Å²) in [6, 6.07) is 17.8. The lowest BCUT2D eigenvalue weighted by atomic mass is 10.1. The van der Waals surface area contributed by atoms with E-state index in [1.54, 1.807) is 6.07 Å². The highest BCUT2D eigenvalue weighted by Gasteiger charge is 2.09. The minimum absolute atomic E-state index is 0.294. The van der Waals surface area contributed by atoms with Gasteiger partial charge in [0.1, 0.15) is 5.58 Å². The van der Waals surface area contributed by atoms with Gasteiger partial charge in [-0.25, -0.2) is 4.79 Å². The maximum atomic E-state index is 11.8. The number of hydrogen-bond donors (Lipinski definition) is 0. The van der Waals surface area contributed by atoms with Gasteiger partial charge < -0.3 is 9.32 Å². The average molecular weight is 293 g/mol. The van der Waals surface area contributed by atoms with Crippen molar-refractivity contribution >= 4 is 16.7 Å². The lowest BCUT2D eigenvalue weighted by molar-refractivity contribution is 0.558. The van der Waals surface area contributed by atoms with Crippen molar-refractivity contribution in [1.29, 1.82) is 0 Å². The van der Waals surface area contributed by atoms with Crippen LogP contribution in [0.15, 0.2) is 63.8 Å². The van der Waals surface area contributed by atoms with Gasteiger partial charge in [-0.1, -0.05) is 37.3 Å². The zero-order valence-corrected chi connectivity index (χ0v) is 12.9. The minimum Gasteiger partial charge on any atom is -0.423 e. The Morgan fingerprint density at radius 3 is 2.55 bits per heavy atom. The van der Waals surface area contributed by atoms with Gasteiger partial charge in [0, 0.05) is 30.7 Å². The van der Waals surface area contributed by atoms with Crippen LogP contribution >= 0.6 is 0 Å². The van der Waals surface area contributed by atoms with Crippen molar-refractivity contribution in [3.63, 3.8) is 0 Å². The van der Waals surface area contributed by atoms with Gasteiger partial charge >= 0.3 is 5.63 Å². The first-order valence-electron chi connectivity index (χ1n) is 7.49. The third-order valence-corrected chi connectivity index (χ3v) is 3.91. The van der Waals surface area contributed by atoms with Crippen LogP contribution in [0.1, 0.15) is 18.1 Å². The topological polar surface area (TPSA) is 33.5 Å². The molecule has 0 saturated carbocycles. The van der Waals surface area contributed by atoms with Crippen LogP contribution in [0.25, 0.3) is 11.0 Å². The fourth-order valence-electron chi connectivity index (χ4n) is 2.65. The fraction of sp³-hybridized carbons (Fsp3) is 0.211. The maximum Gasteiger partial charge on any atom is 0.336 e. The number of fused-ring (bicyclic) bond motifs is 1. The number of benzene rings is 2. The zero-order chi connectivity index (χ0) is 15.5. The maximum absolute atomic E-state index is 11.8. The van der Waals surface area contributed by atoms with Gasteiger partial charge in [0.2, 0.25) is 0 Å². The molecule has 3 rings (SSSR count). The quantitative estimate of drug-likeness (QED) is 0.682. The molecule has 0 amide bonds. The van der Waals surface area contributed by atoms with Crippen molar-refractivity contribution in [2.45, 2.75) is 19.9 Å². The summed E-state index contributed by atoms with van der Waals surface area (Å²) >= 11 is 0. The number of nitrogens with zero attached hydrogens (tertiary/aromatic N) is 1. The highest BCUT2D eigenvalue weighted by Crippen LogP contribution is 2.22. The Morgan fingerprint density at radius 1 is 1.05 bits per heavy atom. The van der Waals surface area contributed by atoms with Crippen LogP contribution in [-0.2, 0) is 13.0 Å². The standard InChI is InChI=1S/C19H19NO2/c1-3-14-9-10-17-15(12-19(21)22-18(17)11-14)13-20(2)16-7-5-4-6-8-16/h4-12H,3,13H2,1-2H3. The van der Waals surface area contributed by atoms with Crippen LogP contribution in [0.4, 0.5) is 5.69 Å². The van der Waals surface area contributed by atoms with Crippen LogP contribution in [0, 0.1) is 0 Å². The monoisotopic (exact) mass is 293 g/mol. The predicted molar refractivity (Wildman–Crippen MR) is 90.4 cm³/mol. The third-order valence-electron chi connectivity index (χ3n) is 3.91. The second-order valence-corrected chi connectivity index (χ2v) is 5.47. The Kier molecular flexibility index (Phi) is 3.96. The van der Waals surface area contributed by atoms with Gasteiger partial charge in [-0.2, -0.15) is 0 Å². The second-order valence-electron chi connectivity index (χ2n) is 5.47. The number of anilines is 1. The smallest absolute Gasteiger partial charge is 0.336 e. The fourth-order valence-corrected chi connectivity index (χ4v) is 2.65. The number of aryl methyl sites for hydroxylation is 1. The Hall–Kier alpha value is -2.55. The number of rotatable bonds is 4. The Morgan fingerprint density at radius 2 is 1.82 bits per heavy atom. The van der Waals surface area contributed by atoms with Crippen molar-refractivity contribution in [3.05, 3.63) is 76.1 Å². The van der Waals surface area contributed by atoms with Gasteiger partial charge in [0.15, 0.2) is 0 Å². The van der Waals surface area contributed by atoms with E-state index in [9.17, 15) is 4.79 Å². The normalized spacial score (nSPS) is 10.8. The van der Waals surface area contributed by atoms with E-state index in [0.717, 1.165) is 23.1 Å². The Balaban J connectivity index is 2.01. The highest BCUT2D eigenvalue weighted by molar-refractivity contribution is 5.81. The van der Waals surface area contributed by atoms with Crippen molar-refractivity contribution < 1.29 is 4.42 Å². The Bertz CT molecular complexity index is 837. The van der Waals surface area contributed by atoms with E-state index >= 15 is 0 Å². The van der Waals surface area contributed by atoms with E-state index < -0.39 is 0 Å². The van der Waals surface area contributed by atoms with Crippen LogP contribution in [0.2, 0.25) is 0 Å². The molecule has 0 bridgehead atoms. The third kappa shape index (κ3) is 2.89. The lowest BCUT2D eigenvalue weighted by Gasteiger charge is -2.20. The molecule has 2 aromatic carbocycles. The van der Waals surface area contributed by atoms with Crippen molar-refractivity contribution in [2.24, 2.45) is 0 Å². The molecule has 0 spiro atoms. The van der Waals surface area contributed by atoms with Crippen molar-refractivity contribution in [1.82, 2.24) is 0 Å². The van der Waals surface area contributed by atoms with E-state index in [-0.39, 0.29) is 5.63 Å². The summed E-state index contributed by atoms with van der Waals surface area (Å²) in [5.41, 5.74) is 3.65. The van der Waals surface area contributed by atoms with E-state index in [4.69, 9.17) is 4.42 Å². The van der Waals surface area contributed by atoms with Crippen LogP contribution in [0.3, 0.4) is 0 Å². The summed E-state index contributed by atoms with van der Waals surface area (Å²) in [6.07, 6.45) is 0.924. The zero-order valence-electron chi connectivity index (χ0n) is 12.9. The highest BCUT2D eigenvalue weighted by atomic mass is 16.4. The van der Waals surface area contributed by atoms with Crippen LogP contribution < -0.4 is 10.5 Å². The van der Waals surface area contributed by atoms with Gasteiger partial charge in [0.25, 0.3) is 0 Å². The molecule has 0 aliphatic rings. The van der Waals surface area contributed by atoms with Crippen LogP contribution in [0.5, 0.6) is 0 Å². The second kappa shape index (κ2) is 6.06.